The lowest BCUT2D eigenvalue weighted by atomic mass is 10.1. The fourth-order valence-electron chi connectivity index (χ4n) is 2.28. The third kappa shape index (κ3) is 12.3. The first-order valence-corrected chi connectivity index (χ1v) is 8.29. The van der Waals surface area contributed by atoms with E-state index in [1.54, 1.807) is 0 Å². The number of esters is 1. The molecule has 1 unspecified atom stereocenters. The molecule has 0 aliphatic heterocycles. The standard InChI is InChI=1S/C17H34O2/c1-5-7-8-9-13-16(11-6-2)19-17(18)14-10-12-15(3)4/h15-16H,5-14H2,1-4H3. The molecule has 0 rings (SSSR count). The van der Waals surface area contributed by atoms with Gasteiger partial charge in [0, 0.05) is 6.42 Å². The molecule has 114 valence electrons. The zero-order valence-electron chi connectivity index (χ0n) is 13.5. The van der Waals surface area contributed by atoms with Gasteiger partial charge in [0.1, 0.15) is 6.10 Å². The van der Waals surface area contributed by atoms with Crippen LogP contribution in [0.1, 0.15) is 91.9 Å². The van der Waals surface area contributed by atoms with Crippen molar-refractivity contribution in [2.75, 3.05) is 0 Å². The lowest BCUT2D eigenvalue weighted by Gasteiger charge is -2.17. The van der Waals surface area contributed by atoms with Crippen molar-refractivity contribution in [3.05, 3.63) is 0 Å². The summed E-state index contributed by atoms with van der Waals surface area (Å²) >= 11 is 0. The van der Waals surface area contributed by atoms with E-state index in [1.165, 1.54) is 25.7 Å². The number of rotatable bonds is 12. The van der Waals surface area contributed by atoms with E-state index in [9.17, 15) is 4.79 Å². The van der Waals surface area contributed by atoms with Crippen molar-refractivity contribution in [1.29, 1.82) is 0 Å². The minimum absolute atomic E-state index is 0.00888. The quantitative estimate of drug-likeness (QED) is 0.346. The van der Waals surface area contributed by atoms with Crippen LogP contribution in [0.2, 0.25) is 0 Å². The van der Waals surface area contributed by atoms with Crippen LogP contribution in [0.4, 0.5) is 0 Å². The van der Waals surface area contributed by atoms with Crippen molar-refractivity contribution >= 4 is 5.97 Å². The molecule has 0 fully saturated rings. The summed E-state index contributed by atoms with van der Waals surface area (Å²) in [5.74, 6) is 0.683. The summed E-state index contributed by atoms with van der Waals surface area (Å²) in [4.78, 5) is 11.8. The average Bonchev–Trinajstić information content (AvgIpc) is 2.34. The maximum Gasteiger partial charge on any atom is 0.306 e. The van der Waals surface area contributed by atoms with Gasteiger partial charge in [0.15, 0.2) is 0 Å². The summed E-state index contributed by atoms with van der Waals surface area (Å²) in [6.07, 6.45) is 11.0. The van der Waals surface area contributed by atoms with Gasteiger partial charge in [-0.05, 0) is 31.6 Å². The van der Waals surface area contributed by atoms with E-state index in [-0.39, 0.29) is 12.1 Å². The van der Waals surface area contributed by atoms with Crippen molar-refractivity contribution in [2.45, 2.75) is 98.0 Å². The molecule has 0 aliphatic rings. The van der Waals surface area contributed by atoms with E-state index >= 15 is 0 Å². The Balaban J connectivity index is 3.80. The van der Waals surface area contributed by atoms with Gasteiger partial charge in [0.2, 0.25) is 0 Å². The number of unbranched alkanes of at least 4 members (excludes halogenated alkanes) is 3. The smallest absolute Gasteiger partial charge is 0.306 e. The first-order valence-electron chi connectivity index (χ1n) is 8.29. The second kappa shape index (κ2) is 12.5. The predicted molar refractivity (Wildman–Crippen MR) is 82.2 cm³/mol. The third-order valence-corrected chi connectivity index (χ3v) is 3.45. The molecular weight excluding hydrogens is 236 g/mol. The number of carbonyl (C=O) groups excluding carboxylic acids is 1. The fraction of sp³-hybridized carbons (Fsp3) is 0.941. The molecule has 19 heavy (non-hydrogen) atoms. The summed E-state index contributed by atoms with van der Waals surface area (Å²) in [6.45, 7) is 8.77. The number of hydrogen-bond donors (Lipinski definition) is 0. The van der Waals surface area contributed by atoms with Crippen LogP contribution in [0.25, 0.3) is 0 Å². The molecule has 0 saturated carbocycles. The predicted octanol–water partition coefficient (Wildman–Crippen LogP) is 5.50. The Labute approximate surface area is 120 Å². The van der Waals surface area contributed by atoms with Gasteiger partial charge in [0.25, 0.3) is 0 Å². The van der Waals surface area contributed by atoms with Gasteiger partial charge < -0.3 is 4.74 Å². The molecule has 0 aromatic heterocycles. The van der Waals surface area contributed by atoms with Crippen LogP contribution < -0.4 is 0 Å². The first kappa shape index (κ1) is 18.5. The highest BCUT2D eigenvalue weighted by atomic mass is 16.5. The van der Waals surface area contributed by atoms with E-state index in [4.69, 9.17) is 4.74 Å². The van der Waals surface area contributed by atoms with Crippen LogP contribution in [0.15, 0.2) is 0 Å². The molecule has 0 bridgehead atoms. The Hall–Kier alpha value is -0.530. The molecule has 0 aromatic rings. The van der Waals surface area contributed by atoms with Crippen LogP contribution in [0, 0.1) is 5.92 Å². The lowest BCUT2D eigenvalue weighted by Crippen LogP contribution is -2.18. The Morgan fingerprint density at radius 2 is 1.63 bits per heavy atom. The molecule has 0 aliphatic carbocycles. The largest absolute Gasteiger partial charge is 0.462 e. The maximum atomic E-state index is 11.8. The molecule has 0 saturated heterocycles. The second-order valence-corrected chi connectivity index (χ2v) is 6.04. The van der Waals surface area contributed by atoms with E-state index in [2.05, 4.69) is 27.7 Å². The van der Waals surface area contributed by atoms with Crippen molar-refractivity contribution in [2.24, 2.45) is 5.92 Å². The van der Waals surface area contributed by atoms with Crippen molar-refractivity contribution < 1.29 is 9.53 Å². The summed E-state index contributed by atoms with van der Waals surface area (Å²) in [7, 11) is 0. The zero-order valence-corrected chi connectivity index (χ0v) is 13.5. The summed E-state index contributed by atoms with van der Waals surface area (Å²) in [5.41, 5.74) is 0. The molecular formula is C17H34O2. The summed E-state index contributed by atoms with van der Waals surface area (Å²) < 4.78 is 5.61. The van der Waals surface area contributed by atoms with Gasteiger partial charge in [-0.1, -0.05) is 59.8 Å². The van der Waals surface area contributed by atoms with Gasteiger partial charge in [-0.15, -0.1) is 0 Å². The molecule has 1 atom stereocenters. The molecule has 0 heterocycles. The second-order valence-electron chi connectivity index (χ2n) is 6.04. The van der Waals surface area contributed by atoms with Crippen LogP contribution in [-0.4, -0.2) is 12.1 Å². The van der Waals surface area contributed by atoms with E-state index in [1.807, 2.05) is 0 Å². The van der Waals surface area contributed by atoms with E-state index in [0.717, 1.165) is 32.1 Å². The lowest BCUT2D eigenvalue weighted by molar-refractivity contribution is -0.150. The molecule has 0 aromatic carbocycles. The first-order chi connectivity index (χ1) is 9.10. The Kier molecular flexibility index (Phi) is 12.2. The van der Waals surface area contributed by atoms with Crippen LogP contribution in [0.3, 0.4) is 0 Å². The monoisotopic (exact) mass is 270 g/mol. The summed E-state index contributed by atoms with van der Waals surface area (Å²) in [5, 5.41) is 0. The molecule has 0 spiro atoms. The van der Waals surface area contributed by atoms with E-state index in [0.29, 0.717) is 12.3 Å². The van der Waals surface area contributed by atoms with Gasteiger partial charge >= 0.3 is 5.97 Å². The summed E-state index contributed by atoms with van der Waals surface area (Å²) in [6, 6.07) is 0. The third-order valence-electron chi connectivity index (χ3n) is 3.45. The highest BCUT2D eigenvalue weighted by Crippen LogP contribution is 2.15. The fourth-order valence-corrected chi connectivity index (χ4v) is 2.28. The van der Waals surface area contributed by atoms with Gasteiger partial charge in [0.05, 0.1) is 0 Å². The Bertz CT molecular complexity index is 211. The molecule has 0 radical (unpaired) electrons. The highest BCUT2D eigenvalue weighted by molar-refractivity contribution is 5.69. The normalized spacial score (nSPS) is 12.7. The minimum Gasteiger partial charge on any atom is -0.462 e. The number of carbonyl (C=O) groups is 1. The number of ether oxygens (including phenoxy) is 1. The van der Waals surface area contributed by atoms with Crippen molar-refractivity contribution in [3.63, 3.8) is 0 Å². The van der Waals surface area contributed by atoms with E-state index < -0.39 is 0 Å². The molecule has 2 nitrogen and oxygen atoms in total. The molecule has 0 amide bonds. The minimum atomic E-state index is 0.00888. The maximum absolute atomic E-state index is 11.8. The van der Waals surface area contributed by atoms with Crippen LogP contribution in [-0.2, 0) is 9.53 Å². The van der Waals surface area contributed by atoms with Gasteiger partial charge in [-0.25, -0.2) is 0 Å². The Morgan fingerprint density at radius 1 is 0.895 bits per heavy atom. The van der Waals surface area contributed by atoms with Crippen molar-refractivity contribution in [3.8, 4) is 0 Å². The molecule has 0 N–H and O–H groups in total. The van der Waals surface area contributed by atoms with Crippen LogP contribution in [0.5, 0.6) is 0 Å². The topological polar surface area (TPSA) is 26.3 Å². The zero-order chi connectivity index (χ0) is 14.5. The van der Waals surface area contributed by atoms with Gasteiger partial charge in [-0.2, -0.15) is 0 Å². The molecule has 2 heteroatoms. The highest BCUT2D eigenvalue weighted by Gasteiger charge is 2.13. The van der Waals surface area contributed by atoms with Crippen molar-refractivity contribution in [1.82, 2.24) is 0 Å². The average molecular weight is 270 g/mol. The number of hydrogen-bond acceptors (Lipinski definition) is 2. The van der Waals surface area contributed by atoms with Gasteiger partial charge in [-0.3, -0.25) is 4.79 Å². The van der Waals surface area contributed by atoms with Crippen LogP contribution >= 0.6 is 0 Å². The Morgan fingerprint density at radius 3 is 2.21 bits per heavy atom. The SMILES string of the molecule is CCCCCCC(CCC)OC(=O)CCCC(C)C.